The molecule has 0 saturated heterocycles. The Kier molecular flexibility index (Phi) is 6.17. The first kappa shape index (κ1) is 22.9. The van der Waals surface area contributed by atoms with E-state index in [4.69, 9.17) is 37.1 Å². The Morgan fingerprint density at radius 2 is 1.89 bits per heavy atom. The van der Waals surface area contributed by atoms with Gasteiger partial charge in [0.05, 0.1) is 33.2 Å². The summed E-state index contributed by atoms with van der Waals surface area (Å²) in [7, 11) is 1.54. The summed E-state index contributed by atoms with van der Waals surface area (Å²) in [5.74, 6) is 0.799. The second-order valence-corrected chi connectivity index (χ2v) is 8.42. The number of ether oxygens (including phenoxy) is 2. The van der Waals surface area contributed by atoms with Crippen molar-refractivity contribution in [2.24, 2.45) is 0 Å². The number of amides is 1. The highest BCUT2D eigenvalue weighted by Gasteiger charge is 2.14. The normalized spacial score (nSPS) is 11.2. The van der Waals surface area contributed by atoms with Gasteiger partial charge in [-0.1, -0.05) is 29.3 Å². The SMILES string of the molecule is COCc1cc(=O)oc2cc(NC(=O)Oc3ccc4nc(-c5c(Cl)cccc5Cl)[nH]c4c3)ccc12. The number of anilines is 1. The number of nitrogens with zero attached hydrogens (tertiary/aromatic N) is 1. The van der Waals surface area contributed by atoms with Gasteiger partial charge < -0.3 is 18.9 Å². The lowest BCUT2D eigenvalue weighted by molar-refractivity contribution is 0.185. The van der Waals surface area contributed by atoms with Gasteiger partial charge >= 0.3 is 11.7 Å². The van der Waals surface area contributed by atoms with Crippen LogP contribution in [0.1, 0.15) is 5.56 Å². The average molecular weight is 510 g/mol. The third-order valence-corrected chi connectivity index (χ3v) is 5.87. The van der Waals surface area contributed by atoms with Gasteiger partial charge in [-0.2, -0.15) is 0 Å². The van der Waals surface area contributed by atoms with Crippen molar-refractivity contribution < 1.29 is 18.7 Å². The van der Waals surface area contributed by atoms with E-state index in [1.165, 1.54) is 6.07 Å². The van der Waals surface area contributed by atoms with Crippen LogP contribution in [0.2, 0.25) is 10.0 Å². The largest absolute Gasteiger partial charge is 0.423 e. The highest BCUT2D eigenvalue weighted by molar-refractivity contribution is 6.39. The van der Waals surface area contributed by atoms with Crippen LogP contribution in [0.15, 0.2) is 69.9 Å². The zero-order valence-electron chi connectivity index (χ0n) is 18.2. The summed E-state index contributed by atoms with van der Waals surface area (Å²) in [4.78, 5) is 32.0. The first-order chi connectivity index (χ1) is 16.9. The topological polar surface area (TPSA) is 106 Å². The first-order valence-electron chi connectivity index (χ1n) is 10.4. The van der Waals surface area contributed by atoms with E-state index >= 15 is 0 Å². The molecule has 0 aliphatic carbocycles. The molecule has 0 fully saturated rings. The van der Waals surface area contributed by atoms with E-state index in [1.807, 2.05) is 0 Å². The molecule has 5 rings (SSSR count). The summed E-state index contributed by atoms with van der Waals surface area (Å²) in [6.45, 7) is 0.261. The van der Waals surface area contributed by atoms with Crippen molar-refractivity contribution in [3.8, 4) is 17.1 Å². The fraction of sp³-hybridized carbons (Fsp3) is 0.0800. The molecule has 0 spiro atoms. The van der Waals surface area contributed by atoms with Crippen molar-refractivity contribution in [3.63, 3.8) is 0 Å². The van der Waals surface area contributed by atoms with E-state index in [9.17, 15) is 9.59 Å². The van der Waals surface area contributed by atoms with Crippen LogP contribution in [0.4, 0.5) is 10.5 Å². The number of nitrogens with one attached hydrogen (secondary N) is 2. The van der Waals surface area contributed by atoms with Crippen LogP contribution in [0, 0.1) is 0 Å². The van der Waals surface area contributed by atoms with Crippen molar-refractivity contribution in [2.75, 3.05) is 12.4 Å². The van der Waals surface area contributed by atoms with Crippen molar-refractivity contribution >= 4 is 57.0 Å². The molecular weight excluding hydrogens is 493 g/mol. The Bertz CT molecular complexity index is 1620. The summed E-state index contributed by atoms with van der Waals surface area (Å²) >= 11 is 12.6. The number of aromatic nitrogens is 2. The fourth-order valence-electron chi connectivity index (χ4n) is 3.73. The molecule has 8 nitrogen and oxygen atoms in total. The summed E-state index contributed by atoms with van der Waals surface area (Å²) < 4.78 is 15.8. The molecule has 1 amide bonds. The van der Waals surface area contributed by atoms with Gasteiger partial charge in [0, 0.05) is 36.4 Å². The lowest BCUT2D eigenvalue weighted by atomic mass is 10.1. The third-order valence-electron chi connectivity index (χ3n) is 5.24. The molecule has 5 aromatic rings. The van der Waals surface area contributed by atoms with Crippen LogP contribution in [0.25, 0.3) is 33.4 Å². The van der Waals surface area contributed by atoms with Crippen LogP contribution >= 0.6 is 23.2 Å². The number of fused-ring (bicyclic) bond motifs is 2. The number of carbonyl (C=O) groups is 1. The predicted molar refractivity (Wildman–Crippen MR) is 134 cm³/mol. The molecule has 0 atom stereocenters. The maximum Gasteiger partial charge on any atom is 0.417 e. The third kappa shape index (κ3) is 4.72. The molecule has 35 heavy (non-hydrogen) atoms. The van der Waals surface area contributed by atoms with Crippen molar-refractivity contribution in [2.45, 2.75) is 6.61 Å². The smallest absolute Gasteiger partial charge is 0.417 e. The molecule has 2 heterocycles. The van der Waals surface area contributed by atoms with E-state index in [0.29, 0.717) is 60.4 Å². The standard InChI is InChI=1S/C25H17Cl2N3O5/c1-33-12-13-9-22(31)35-21-10-14(5-7-16(13)21)28-25(32)34-15-6-8-19-20(11-15)30-24(29-19)23-17(26)3-2-4-18(23)27/h2-11H,12H2,1H3,(H,28,32)(H,29,30). The van der Waals surface area contributed by atoms with Crippen LogP contribution in [-0.2, 0) is 11.3 Å². The molecule has 0 aliphatic heterocycles. The predicted octanol–water partition coefficient (Wildman–Crippen LogP) is 6.40. The van der Waals surface area contributed by atoms with Gasteiger partial charge in [-0.25, -0.2) is 14.6 Å². The summed E-state index contributed by atoms with van der Waals surface area (Å²) in [5.41, 5.74) is 2.79. The molecule has 3 aromatic carbocycles. The van der Waals surface area contributed by atoms with Crippen molar-refractivity contribution in [1.29, 1.82) is 0 Å². The number of benzene rings is 3. The summed E-state index contributed by atoms with van der Waals surface area (Å²) in [6.07, 6.45) is -0.715. The Morgan fingerprint density at radius 1 is 1.09 bits per heavy atom. The average Bonchev–Trinajstić information content (AvgIpc) is 3.21. The summed E-state index contributed by atoms with van der Waals surface area (Å²) in [6, 6.07) is 16.5. The van der Waals surface area contributed by atoms with Crippen LogP contribution in [0.5, 0.6) is 5.75 Å². The van der Waals surface area contributed by atoms with Gasteiger partial charge in [-0.15, -0.1) is 0 Å². The lowest BCUT2D eigenvalue weighted by Gasteiger charge is -2.09. The molecule has 0 unspecified atom stereocenters. The molecule has 0 radical (unpaired) electrons. The second-order valence-electron chi connectivity index (χ2n) is 7.61. The fourth-order valence-corrected chi connectivity index (χ4v) is 4.30. The number of aromatic amines is 1. The monoisotopic (exact) mass is 509 g/mol. The molecule has 2 N–H and O–H groups in total. The number of imidazole rings is 1. The molecular formula is C25H17Cl2N3O5. The molecule has 0 saturated carbocycles. The van der Waals surface area contributed by atoms with Gasteiger partial charge in [0.2, 0.25) is 0 Å². The zero-order chi connectivity index (χ0) is 24.5. The number of hydrogen-bond acceptors (Lipinski definition) is 6. The van der Waals surface area contributed by atoms with Gasteiger partial charge in [-0.05, 0) is 42.0 Å². The Balaban J connectivity index is 1.36. The van der Waals surface area contributed by atoms with Crippen molar-refractivity contribution in [3.05, 3.63) is 86.7 Å². The second kappa shape index (κ2) is 9.42. The van der Waals surface area contributed by atoms with E-state index in [-0.39, 0.29) is 6.61 Å². The minimum absolute atomic E-state index is 0.261. The minimum Gasteiger partial charge on any atom is -0.423 e. The van der Waals surface area contributed by atoms with E-state index < -0.39 is 11.7 Å². The van der Waals surface area contributed by atoms with Crippen LogP contribution in [-0.4, -0.2) is 23.2 Å². The quantitative estimate of drug-likeness (QED) is 0.265. The number of halogens is 2. The molecule has 176 valence electrons. The van der Waals surface area contributed by atoms with Crippen LogP contribution in [0.3, 0.4) is 0 Å². The van der Waals surface area contributed by atoms with E-state index in [0.717, 1.165) is 0 Å². The Morgan fingerprint density at radius 3 is 2.66 bits per heavy atom. The maximum atomic E-state index is 12.5. The lowest BCUT2D eigenvalue weighted by Crippen LogP contribution is -2.16. The zero-order valence-corrected chi connectivity index (χ0v) is 19.7. The highest BCUT2D eigenvalue weighted by atomic mass is 35.5. The van der Waals surface area contributed by atoms with Gasteiger partial charge in [0.25, 0.3) is 0 Å². The number of rotatable bonds is 5. The number of carbonyl (C=O) groups excluding carboxylic acids is 1. The maximum absolute atomic E-state index is 12.5. The molecule has 2 aromatic heterocycles. The van der Waals surface area contributed by atoms with E-state index in [1.54, 1.807) is 61.7 Å². The van der Waals surface area contributed by atoms with Gasteiger partial charge in [-0.3, -0.25) is 5.32 Å². The van der Waals surface area contributed by atoms with Gasteiger partial charge in [0.1, 0.15) is 17.2 Å². The molecule has 10 heteroatoms. The van der Waals surface area contributed by atoms with Crippen LogP contribution < -0.4 is 15.7 Å². The first-order valence-corrected chi connectivity index (χ1v) is 11.2. The molecule has 0 bridgehead atoms. The Labute approximate surface area is 208 Å². The number of hydrogen-bond donors (Lipinski definition) is 2. The van der Waals surface area contributed by atoms with Gasteiger partial charge in [0.15, 0.2) is 0 Å². The summed E-state index contributed by atoms with van der Waals surface area (Å²) in [5, 5.41) is 4.28. The Hall–Kier alpha value is -3.85. The number of H-pyrrole nitrogens is 1. The minimum atomic E-state index is -0.715. The van der Waals surface area contributed by atoms with E-state index in [2.05, 4.69) is 15.3 Å². The highest BCUT2D eigenvalue weighted by Crippen LogP contribution is 2.34. The van der Waals surface area contributed by atoms with Crippen molar-refractivity contribution in [1.82, 2.24) is 9.97 Å². The molecule has 0 aliphatic rings. The number of methoxy groups -OCH3 is 1.